The van der Waals surface area contributed by atoms with Gasteiger partial charge in [-0.15, -0.1) is 0 Å². The number of benzene rings is 1. The Labute approximate surface area is 118 Å². The van der Waals surface area contributed by atoms with E-state index in [0.29, 0.717) is 11.4 Å². The molecule has 0 bridgehead atoms. The fourth-order valence-corrected chi connectivity index (χ4v) is 1.59. The van der Waals surface area contributed by atoms with Crippen LogP contribution < -0.4 is 15.8 Å². The number of nitrogens with zero attached hydrogens (tertiary/aromatic N) is 1. The molecule has 0 spiro atoms. The van der Waals surface area contributed by atoms with Crippen molar-refractivity contribution in [3.05, 3.63) is 24.3 Å². The third-order valence-electron chi connectivity index (χ3n) is 2.67. The lowest BCUT2D eigenvalue weighted by Crippen LogP contribution is -2.44. The Morgan fingerprint density at radius 3 is 2.45 bits per heavy atom. The van der Waals surface area contributed by atoms with Crippen molar-refractivity contribution in [3.63, 3.8) is 0 Å². The van der Waals surface area contributed by atoms with Crippen LogP contribution in [0, 0.1) is 0 Å². The normalized spacial score (nSPS) is 11.6. The van der Waals surface area contributed by atoms with Crippen LogP contribution in [-0.4, -0.2) is 43.5 Å². The maximum absolute atomic E-state index is 11.6. The summed E-state index contributed by atoms with van der Waals surface area (Å²) < 4.78 is 5.41. The Morgan fingerprint density at radius 2 is 1.90 bits per heavy atom. The van der Waals surface area contributed by atoms with Crippen LogP contribution in [0.5, 0.6) is 5.75 Å². The Kier molecular flexibility index (Phi) is 5.83. The molecule has 0 saturated heterocycles. The summed E-state index contributed by atoms with van der Waals surface area (Å²) in [6, 6.07) is 6.41. The van der Waals surface area contributed by atoms with Crippen LogP contribution >= 0.6 is 0 Å². The minimum atomic E-state index is -0.533. The van der Waals surface area contributed by atoms with Crippen LogP contribution in [0.3, 0.4) is 0 Å². The minimum absolute atomic E-state index is 0.141. The minimum Gasteiger partial charge on any atom is -0.493 e. The second-order valence-corrected chi connectivity index (χ2v) is 4.69. The molecule has 6 nitrogen and oxygen atoms in total. The molecule has 0 fully saturated rings. The van der Waals surface area contributed by atoms with Gasteiger partial charge in [-0.05, 0) is 31.2 Å². The summed E-state index contributed by atoms with van der Waals surface area (Å²) in [5, 5.41) is 2.63. The number of nitrogens with one attached hydrogen (secondary N) is 1. The van der Waals surface area contributed by atoms with Gasteiger partial charge in [-0.1, -0.05) is 0 Å². The highest BCUT2D eigenvalue weighted by Crippen LogP contribution is 2.13. The molecule has 1 aromatic rings. The van der Waals surface area contributed by atoms with E-state index in [0.717, 1.165) is 0 Å². The first-order valence-corrected chi connectivity index (χ1v) is 6.39. The molecule has 0 heterocycles. The van der Waals surface area contributed by atoms with E-state index in [1.807, 2.05) is 0 Å². The molecule has 110 valence electrons. The predicted molar refractivity (Wildman–Crippen MR) is 77.3 cm³/mol. The van der Waals surface area contributed by atoms with Gasteiger partial charge in [0.15, 0.2) is 0 Å². The fraction of sp³-hybridized carbons (Fsp3) is 0.429. The molecule has 0 aliphatic carbocycles. The zero-order valence-corrected chi connectivity index (χ0v) is 12.1. The van der Waals surface area contributed by atoms with Gasteiger partial charge in [0, 0.05) is 19.8 Å². The summed E-state index contributed by atoms with van der Waals surface area (Å²) in [6.45, 7) is 1.90. The van der Waals surface area contributed by atoms with Gasteiger partial charge >= 0.3 is 0 Å². The highest BCUT2D eigenvalue weighted by atomic mass is 16.5. The molecule has 1 unspecified atom stereocenters. The van der Waals surface area contributed by atoms with Gasteiger partial charge in [-0.25, -0.2) is 0 Å². The predicted octanol–water partition coefficient (Wildman–Crippen LogP) is 0.631. The molecule has 0 aromatic heterocycles. The zero-order valence-electron chi connectivity index (χ0n) is 12.1. The second-order valence-electron chi connectivity index (χ2n) is 4.69. The first-order chi connectivity index (χ1) is 9.40. The van der Waals surface area contributed by atoms with Crippen LogP contribution in [-0.2, 0) is 9.59 Å². The van der Waals surface area contributed by atoms with E-state index in [1.54, 1.807) is 45.3 Å². The second kappa shape index (κ2) is 7.37. The van der Waals surface area contributed by atoms with Crippen molar-refractivity contribution < 1.29 is 14.3 Å². The van der Waals surface area contributed by atoms with Crippen molar-refractivity contribution in [2.75, 3.05) is 26.4 Å². The zero-order chi connectivity index (χ0) is 15.1. The van der Waals surface area contributed by atoms with Crippen molar-refractivity contribution in [1.82, 2.24) is 10.2 Å². The lowest BCUT2D eigenvalue weighted by molar-refractivity contribution is -0.134. The molecule has 0 aliphatic rings. The molecule has 0 radical (unpaired) electrons. The Hall–Kier alpha value is -2.24. The number of hydrogen-bond donors (Lipinski definition) is 2. The molecule has 3 N–H and O–H groups in total. The summed E-state index contributed by atoms with van der Waals surface area (Å²) in [6.07, 6.45) is 0.190. The van der Waals surface area contributed by atoms with Crippen molar-refractivity contribution in [2.45, 2.75) is 19.4 Å². The largest absolute Gasteiger partial charge is 0.493 e. The summed E-state index contributed by atoms with van der Waals surface area (Å²) >= 11 is 0. The Morgan fingerprint density at radius 1 is 1.30 bits per heavy atom. The first-order valence-electron chi connectivity index (χ1n) is 6.39. The number of carbonyl (C=O) groups excluding carboxylic acids is 2. The van der Waals surface area contributed by atoms with Crippen molar-refractivity contribution in [3.8, 4) is 5.75 Å². The quantitative estimate of drug-likeness (QED) is 0.748. The number of likely N-dealkylation sites (N-methyl/N-ethyl adjacent to an activating group) is 1. The summed E-state index contributed by atoms with van der Waals surface area (Å²) in [5.41, 5.74) is 6.21. The van der Waals surface area contributed by atoms with E-state index in [1.165, 1.54) is 4.90 Å². The molecule has 20 heavy (non-hydrogen) atoms. The summed E-state index contributed by atoms with van der Waals surface area (Å²) in [5.74, 6) is 0.297. The number of rotatable bonds is 6. The molecule has 0 aliphatic heterocycles. The number of carbonyl (C=O) groups is 2. The standard InChI is InChI=1S/C14H21N3O3/c1-10(14(19)17(2)3)16-13(18)8-9-20-12-6-4-11(15)5-7-12/h4-7,10H,8-9,15H2,1-3H3,(H,16,18). The van der Waals surface area contributed by atoms with Crippen molar-refractivity contribution in [1.29, 1.82) is 0 Å². The lowest BCUT2D eigenvalue weighted by Gasteiger charge is -2.18. The maximum atomic E-state index is 11.6. The van der Waals surface area contributed by atoms with Gasteiger partial charge in [0.05, 0.1) is 13.0 Å². The molecule has 1 rings (SSSR count). The van der Waals surface area contributed by atoms with Crippen LogP contribution in [0.25, 0.3) is 0 Å². The molecule has 6 heteroatoms. The fourth-order valence-electron chi connectivity index (χ4n) is 1.59. The SMILES string of the molecule is CC(NC(=O)CCOc1ccc(N)cc1)C(=O)N(C)C. The van der Waals surface area contributed by atoms with E-state index in [-0.39, 0.29) is 24.8 Å². The topological polar surface area (TPSA) is 84.7 Å². The van der Waals surface area contributed by atoms with Gasteiger partial charge in [0.1, 0.15) is 11.8 Å². The molecular formula is C14H21N3O3. The van der Waals surface area contributed by atoms with Gasteiger partial charge in [0.25, 0.3) is 0 Å². The molecule has 0 saturated carbocycles. The van der Waals surface area contributed by atoms with Gasteiger partial charge in [-0.2, -0.15) is 0 Å². The monoisotopic (exact) mass is 279 g/mol. The van der Waals surface area contributed by atoms with E-state index in [2.05, 4.69) is 5.32 Å². The first kappa shape index (κ1) is 15.8. The number of amides is 2. The van der Waals surface area contributed by atoms with Crippen molar-refractivity contribution in [2.24, 2.45) is 0 Å². The Bertz CT molecular complexity index is 457. The van der Waals surface area contributed by atoms with Crippen LogP contribution in [0.15, 0.2) is 24.3 Å². The summed E-state index contributed by atoms with van der Waals surface area (Å²) in [7, 11) is 3.30. The van der Waals surface area contributed by atoms with Gasteiger partial charge in [-0.3, -0.25) is 9.59 Å². The number of nitrogens with two attached hydrogens (primary N) is 1. The van der Waals surface area contributed by atoms with Crippen LogP contribution in [0.1, 0.15) is 13.3 Å². The number of anilines is 1. The van der Waals surface area contributed by atoms with Gasteiger partial charge in [0.2, 0.25) is 11.8 Å². The summed E-state index contributed by atoms with van der Waals surface area (Å²) in [4.78, 5) is 24.7. The Balaban J connectivity index is 2.30. The molecule has 2 amide bonds. The van der Waals surface area contributed by atoms with Crippen LogP contribution in [0.2, 0.25) is 0 Å². The highest BCUT2D eigenvalue weighted by Gasteiger charge is 2.16. The average Bonchev–Trinajstić information content (AvgIpc) is 2.39. The maximum Gasteiger partial charge on any atom is 0.244 e. The number of ether oxygens (including phenoxy) is 1. The third kappa shape index (κ3) is 5.17. The lowest BCUT2D eigenvalue weighted by atomic mass is 10.3. The van der Waals surface area contributed by atoms with E-state index in [9.17, 15) is 9.59 Å². The van der Waals surface area contributed by atoms with E-state index in [4.69, 9.17) is 10.5 Å². The molecule has 1 atom stereocenters. The number of nitrogen functional groups attached to an aromatic ring is 1. The van der Waals surface area contributed by atoms with Crippen molar-refractivity contribution >= 4 is 17.5 Å². The molecule has 1 aromatic carbocycles. The molecular weight excluding hydrogens is 258 g/mol. The smallest absolute Gasteiger partial charge is 0.244 e. The van der Waals surface area contributed by atoms with Gasteiger partial charge < -0.3 is 20.7 Å². The van der Waals surface area contributed by atoms with E-state index >= 15 is 0 Å². The number of hydrogen-bond acceptors (Lipinski definition) is 4. The third-order valence-corrected chi connectivity index (χ3v) is 2.67. The van der Waals surface area contributed by atoms with E-state index < -0.39 is 6.04 Å². The van der Waals surface area contributed by atoms with Crippen LogP contribution in [0.4, 0.5) is 5.69 Å². The average molecular weight is 279 g/mol. The highest BCUT2D eigenvalue weighted by molar-refractivity contribution is 5.87.